The highest BCUT2D eigenvalue weighted by molar-refractivity contribution is 5.46. The lowest BCUT2D eigenvalue weighted by molar-refractivity contribution is -0.403. The molecule has 3 saturated carbocycles. The van der Waals surface area contributed by atoms with E-state index in [2.05, 4.69) is 46.8 Å². The largest absolute Gasteiger partial charge is 0.396 e. The summed E-state index contributed by atoms with van der Waals surface area (Å²) in [6.45, 7) is 12.7. The van der Waals surface area contributed by atoms with Gasteiger partial charge in [-0.3, -0.25) is 0 Å². The van der Waals surface area contributed by atoms with Crippen LogP contribution in [0.4, 0.5) is 0 Å². The van der Waals surface area contributed by atoms with Crippen molar-refractivity contribution in [3.05, 3.63) is 23.3 Å². The van der Waals surface area contributed by atoms with Gasteiger partial charge < -0.3 is 109 Å². The monoisotopic (exact) mass is 1090 g/mol. The van der Waals surface area contributed by atoms with Gasteiger partial charge in [-0.2, -0.15) is 0 Å². The molecule has 7 fully saturated rings. The summed E-state index contributed by atoms with van der Waals surface area (Å²) in [6.07, 6.45) is -22.8. The summed E-state index contributed by atoms with van der Waals surface area (Å²) in [6, 6.07) is 0. The van der Waals surface area contributed by atoms with Crippen LogP contribution in [-0.4, -0.2) is 233 Å². The minimum Gasteiger partial charge on any atom is -0.396 e. The van der Waals surface area contributed by atoms with Crippen LogP contribution in [0.5, 0.6) is 0 Å². The van der Waals surface area contributed by atoms with E-state index in [4.69, 9.17) is 37.9 Å². The molecular weight excluding hydrogens is 1000 g/mol. The van der Waals surface area contributed by atoms with Gasteiger partial charge in [0.25, 0.3) is 0 Å². The van der Waals surface area contributed by atoms with E-state index >= 15 is 0 Å². The Balaban J connectivity index is 1.00. The first-order valence-corrected chi connectivity index (χ1v) is 27.6. The van der Waals surface area contributed by atoms with Crippen molar-refractivity contribution in [2.45, 2.75) is 235 Å². The SMILES string of the molecule is CC1OC(OC2CCC3(C)C(CCC4(C)C3C=CC3=C5CC(C)(C)CCC5(CO)CCC34C)C2(C)CO)C(OC2OC(CO)C(O)C(O)C2O)C(OC2OC(CO)C(OC3OC(CO)C(O)C(O)C3O)C(O)C2O)C1O. The van der Waals surface area contributed by atoms with E-state index in [0.717, 1.165) is 44.9 Å². The van der Waals surface area contributed by atoms with Crippen LogP contribution in [0.2, 0.25) is 0 Å². The third-order valence-corrected chi connectivity index (χ3v) is 21.0. The number of fused-ring (bicyclic) bond motifs is 6. The zero-order valence-electron chi connectivity index (χ0n) is 44.9. The van der Waals surface area contributed by atoms with Crippen LogP contribution in [0.25, 0.3) is 0 Å². The van der Waals surface area contributed by atoms with Gasteiger partial charge >= 0.3 is 0 Å². The van der Waals surface area contributed by atoms with Crippen LogP contribution in [-0.2, 0) is 37.9 Å². The molecule has 0 spiro atoms. The van der Waals surface area contributed by atoms with Gasteiger partial charge in [0.15, 0.2) is 25.2 Å². The fourth-order valence-electron chi connectivity index (χ4n) is 15.9. The quantitative estimate of drug-likeness (QED) is 0.0920. The maximum atomic E-state index is 11.9. The van der Waals surface area contributed by atoms with E-state index in [1.54, 1.807) is 0 Å². The first-order valence-electron chi connectivity index (χ1n) is 27.6. The molecule has 76 heavy (non-hydrogen) atoms. The van der Waals surface area contributed by atoms with Crippen LogP contribution in [0, 0.1) is 44.3 Å². The number of ether oxygens (including phenoxy) is 8. The van der Waals surface area contributed by atoms with Gasteiger partial charge in [0.05, 0.1) is 45.2 Å². The number of hydrogen-bond acceptors (Lipinski definition) is 22. The molecule has 436 valence electrons. The minimum absolute atomic E-state index is 0.0951. The average Bonchev–Trinajstić information content (AvgIpc) is 3.56. The number of allylic oxidation sites excluding steroid dienone is 3. The molecule has 5 aliphatic carbocycles. The molecule has 14 N–H and O–H groups in total. The van der Waals surface area contributed by atoms with Gasteiger partial charge in [-0.1, -0.05) is 59.3 Å². The number of aliphatic hydroxyl groups excluding tert-OH is 14. The summed E-state index contributed by atoms with van der Waals surface area (Å²) in [7, 11) is 0. The molecule has 9 rings (SSSR count). The topological polar surface area (TPSA) is 357 Å². The van der Waals surface area contributed by atoms with Gasteiger partial charge in [0, 0.05) is 10.8 Å². The molecule has 0 aromatic rings. The summed E-state index contributed by atoms with van der Waals surface area (Å²) in [5.74, 6) is 0.0174. The second-order valence-corrected chi connectivity index (χ2v) is 25.8. The molecular formula is C54H88O22. The lowest BCUT2D eigenvalue weighted by atomic mass is 9.35. The molecule has 0 amide bonds. The fraction of sp³-hybridized carbons (Fsp3) is 0.926. The molecule has 22 nitrogen and oxygen atoms in total. The Bertz CT molecular complexity index is 2090. The molecule has 0 bridgehead atoms. The van der Waals surface area contributed by atoms with Crippen molar-refractivity contribution in [1.82, 2.24) is 0 Å². The zero-order valence-corrected chi connectivity index (χ0v) is 44.9. The Morgan fingerprint density at radius 1 is 0.513 bits per heavy atom. The summed E-state index contributed by atoms with van der Waals surface area (Å²) in [5, 5.41) is 152. The van der Waals surface area contributed by atoms with Crippen LogP contribution < -0.4 is 0 Å². The van der Waals surface area contributed by atoms with E-state index in [-0.39, 0.29) is 52.1 Å². The number of aliphatic hydroxyl groups is 14. The first-order chi connectivity index (χ1) is 35.7. The van der Waals surface area contributed by atoms with Crippen molar-refractivity contribution < 1.29 is 109 Å². The molecule has 9 aliphatic rings. The van der Waals surface area contributed by atoms with E-state index < -0.39 is 154 Å². The van der Waals surface area contributed by atoms with Crippen molar-refractivity contribution in [3.8, 4) is 0 Å². The number of hydrogen-bond donors (Lipinski definition) is 14. The summed E-state index contributed by atoms with van der Waals surface area (Å²) >= 11 is 0. The predicted molar refractivity (Wildman–Crippen MR) is 263 cm³/mol. The van der Waals surface area contributed by atoms with E-state index in [1.165, 1.54) is 18.1 Å². The van der Waals surface area contributed by atoms with E-state index in [9.17, 15) is 71.5 Å². The van der Waals surface area contributed by atoms with Gasteiger partial charge in [0.1, 0.15) is 91.6 Å². The predicted octanol–water partition coefficient (Wildman–Crippen LogP) is -1.64. The normalized spacial score (nSPS) is 54.3. The summed E-state index contributed by atoms with van der Waals surface area (Å²) in [4.78, 5) is 0. The minimum atomic E-state index is -2.05. The highest BCUT2D eigenvalue weighted by atomic mass is 16.8. The lowest BCUT2D eigenvalue weighted by Gasteiger charge is -2.70. The Labute approximate surface area is 444 Å². The highest BCUT2D eigenvalue weighted by Gasteiger charge is 2.68. The maximum absolute atomic E-state index is 11.9. The molecule has 4 aliphatic heterocycles. The van der Waals surface area contributed by atoms with Gasteiger partial charge in [-0.25, -0.2) is 0 Å². The summed E-state index contributed by atoms with van der Waals surface area (Å²) < 4.78 is 49.1. The Morgan fingerprint density at radius 2 is 1.05 bits per heavy atom. The third kappa shape index (κ3) is 9.53. The van der Waals surface area contributed by atoms with Crippen LogP contribution in [0.15, 0.2) is 23.3 Å². The molecule has 0 aromatic heterocycles. The Kier molecular flexibility index (Phi) is 16.9. The molecule has 0 aromatic carbocycles. The molecule has 0 radical (unpaired) electrons. The average molecular weight is 1090 g/mol. The summed E-state index contributed by atoms with van der Waals surface area (Å²) in [5.41, 5.74) is 1.14. The maximum Gasteiger partial charge on any atom is 0.187 e. The third-order valence-electron chi connectivity index (χ3n) is 21.0. The van der Waals surface area contributed by atoms with Crippen LogP contribution >= 0.6 is 0 Å². The first kappa shape index (κ1) is 59.2. The molecule has 4 saturated heterocycles. The van der Waals surface area contributed by atoms with Crippen LogP contribution in [0.3, 0.4) is 0 Å². The molecule has 28 atom stereocenters. The fourth-order valence-corrected chi connectivity index (χ4v) is 15.9. The van der Waals surface area contributed by atoms with Gasteiger partial charge in [0.2, 0.25) is 0 Å². The van der Waals surface area contributed by atoms with Gasteiger partial charge in [-0.05, 0) is 104 Å². The zero-order chi connectivity index (χ0) is 55.4. The standard InChI is InChI=1S/C54H88O22/c1-24-33(60)43(75-47-41(68)38(65)42(29(21-57)72-47)74-45-39(66)36(63)34(61)27(19-55)70-45)44(76-46-40(67)37(64)35(62)28(20-56)71-46)48(69-24)73-32-11-12-50(4)30(51(32,5)22-58)10-13-53(7)31(50)9-8-25-26-18-49(2,3)14-16-54(26,23-59)17-15-52(25,53)6/h8-9,24,27-48,55-68H,10-23H2,1-7H3. The van der Waals surface area contributed by atoms with Crippen molar-refractivity contribution in [1.29, 1.82) is 0 Å². The Morgan fingerprint density at radius 3 is 1.62 bits per heavy atom. The van der Waals surface area contributed by atoms with E-state index in [1.807, 2.05) is 6.92 Å². The second kappa shape index (κ2) is 21.7. The van der Waals surface area contributed by atoms with Crippen molar-refractivity contribution in [2.24, 2.45) is 44.3 Å². The van der Waals surface area contributed by atoms with Crippen LogP contribution in [0.1, 0.15) is 106 Å². The molecule has 4 heterocycles. The van der Waals surface area contributed by atoms with Gasteiger partial charge in [-0.15, -0.1) is 0 Å². The Hall–Kier alpha value is -1.40. The van der Waals surface area contributed by atoms with E-state index in [0.29, 0.717) is 12.8 Å². The lowest BCUT2D eigenvalue weighted by Crippen LogP contribution is -2.68. The smallest absolute Gasteiger partial charge is 0.187 e. The van der Waals surface area contributed by atoms with Crippen molar-refractivity contribution in [2.75, 3.05) is 33.0 Å². The second-order valence-electron chi connectivity index (χ2n) is 25.8. The highest BCUT2D eigenvalue weighted by Crippen LogP contribution is 2.74. The number of rotatable bonds is 13. The van der Waals surface area contributed by atoms with Crippen molar-refractivity contribution in [3.63, 3.8) is 0 Å². The van der Waals surface area contributed by atoms with Crippen molar-refractivity contribution >= 4 is 0 Å². The molecule has 22 heteroatoms. The molecule has 28 unspecified atom stereocenters.